The van der Waals surface area contributed by atoms with Crippen LogP contribution in [0.2, 0.25) is 0 Å². The van der Waals surface area contributed by atoms with E-state index in [-0.39, 0.29) is 13.2 Å². The Bertz CT molecular complexity index is 97.6. The molecule has 0 saturated carbocycles. The van der Waals surface area contributed by atoms with E-state index in [1.165, 1.54) is 12.8 Å². The summed E-state index contributed by atoms with van der Waals surface area (Å²) in [4.78, 5) is 2.09. The number of hydrogen-bond acceptors (Lipinski definition) is 3. The van der Waals surface area contributed by atoms with Gasteiger partial charge >= 0.3 is 0 Å². The lowest BCUT2D eigenvalue weighted by Gasteiger charge is -2.19. The van der Waals surface area contributed by atoms with Crippen LogP contribution in [0.3, 0.4) is 0 Å². The maximum Gasteiger partial charge on any atom is 0.0558 e. The van der Waals surface area contributed by atoms with Crippen LogP contribution >= 0.6 is 15.9 Å². The van der Waals surface area contributed by atoms with Gasteiger partial charge in [0.25, 0.3) is 0 Å². The second kappa shape index (κ2) is 10.4. The molecule has 4 heteroatoms. The van der Waals surface area contributed by atoms with Crippen molar-refractivity contribution in [2.75, 3.05) is 38.2 Å². The number of aliphatic hydroxyl groups is 2. The van der Waals surface area contributed by atoms with Crippen LogP contribution in [0.25, 0.3) is 0 Å². The number of aliphatic hydroxyl groups excluding tert-OH is 2. The second-order valence-corrected chi connectivity index (χ2v) is 3.83. The van der Waals surface area contributed by atoms with Crippen LogP contribution in [-0.2, 0) is 0 Å². The van der Waals surface area contributed by atoms with Crippen LogP contribution in [0, 0.1) is 0 Å². The van der Waals surface area contributed by atoms with Crippen molar-refractivity contribution in [1.82, 2.24) is 4.90 Å². The summed E-state index contributed by atoms with van der Waals surface area (Å²) >= 11 is 3.38. The van der Waals surface area contributed by atoms with E-state index in [0.29, 0.717) is 13.1 Å². The summed E-state index contributed by atoms with van der Waals surface area (Å²) in [6.07, 6.45) is 3.55. The summed E-state index contributed by atoms with van der Waals surface area (Å²) < 4.78 is 0. The van der Waals surface area contributed by atoms with Gasteiger partial charge in [0.1, 0.15) is 0 Å². The van der Waals surface area contributed by atoms with E-state index >= 15 is 0 Å². The first kappa shape index (κ1) is 13.4. The average molecular weight is 254 g/mol. The lowest BCUT2D eigenvalue weighted by Crippen LogP contribution is -2.30. The van der Waals surface area contributed by atoms with Gasteiger partial charge in [0, 0.05) is 18.4 Å². The van der Waals surface area contributed by atoms with Gasteiger partial charge in [0.2, 0.25) is 0 Å². The highest BCUT2D eigenvalue weighted by atomic mass is 79.9. The molecular weight excluding hydrogens is 234 g/mol. The molecule has 0 heterocycles. The normalized spacial score (nSPS) is 11.1. The Morgan fingerprint density at radius 1 is 0.846 bits per heavy atom. The molecule has 0 spiro atoms. The van der Waals surface area contributed by atoms with Gasteiger partial charge in [-0.05, 0) is 19.4 Å². The fourth-order valence-corrected chi connectivity index (χ4v) is 1.62. The zero-order chi connectivity index (χ0) is 9.94. The lowest BCUT2D eigenvalue weighted by atomic mass is 10.2. The molecule has 3 nitrogen and oxygen atoms in total. The Morgan fingerprint density at radius 3 is 1.92 bits per heavy atom. The standard InChI is InChI=1S/C9H20BrNO2/c10-4-2-1-3-5-11(6-8-12)7-9-13/h12-13H,1-9H2. The Hall–Kier alpha value is 0.360. The van der Waals surface area contributed by atoms with E-state index in [4.69, 9.17) is 10.2 Å². The monoisotopic (exact) mass is 253 g/mol. The van der Waals surface area contributed by atoms with Crippen molar-refractivity contribution in [2.45, 2.75) is 19.3 Å². The van der Waals surface area contributed by atoms with Crippen molar-refractivity contribution in [2.24, 2.45) is 0 Å². The highest BCUT2D eigenvalue weighted by molar-refractivity contribution is 9.09. The van der Waals surface area contributed by atoms with E-state index < -0.39 is 0 Å². The van der Waals surface area contributed by atoms with Crippen LogP contribution in [-0.4, -0.2) is 53.3 Å². The molecule has 0 fully saturated rings. The van der Waals surface area contributed by atoms with Gasteiger partial charge in [-0.25, -0.2) is 0 Å². The number of alkyl halides is 1. The molecule has 0 rings (SSSR count). The predicted molar refractivity (Wildman–Crippen MR) is 58.3 cm³/mol. The fraction of sp³-hybridized carbons (Fsp3) is 1.00. The SMILES string of the molecule is OCCN(CCO)CCCCCBr. The number of unbranched alkanes of at least 4 members (excludes halogenated alkanes) is 2. The van der Waals surface area contributed by atoms with Crippen molar-refractivity contribution >= 4 is 15.9 Å². The summed E-state index contributed by atoms with van der Waals surface area (Å²) in [5, 5.41) is 18.5. The smallest absolute Gasteiger partial charge is 0.0558 e. The van der Waals surface area contributed by atoms with Crippen LogP contribution in [0.15, 0.2) is 0 Å². The van der Waals surface area contributed by atoms with E-state index in [9.17, 15) is 0 Å². The van der Waals surface area contributed by atoms with Crippen LogP contribution < -0.4 is 0 Å². The quantitative estimate of drug-likeness (QED) is 0.473. The molecule has 0 aliphatic heterocycles. The Labute approximate surface area is 88.9 Å². The Kier molecular flexibility index (Phi) is 10.7. The minimum atomic E-state index is 0.179. The third-order valence-corrected chi connectivity index (χ3v) is 2.50. The molecule has 0 aromatic carbocycles. The van der Waals surface area contributed by atoms with E-state index in [1.54, 1.807) is 0 Å². The summed E-state index contributed by atoms with van der Waals surface area (Å²) in [6.45, 7) is 2.69. The maximum atomic E-state index is 8.74. The molecular formula is C9H20BrNO2. The Morgan fingerprint density at radius 2 is 1.46 bits per heavy atom. The number of nitrogens with zero attached hydrogens (tertiary/aromatic N) is 1. The van der Waals surface area contributed by atoms with Gasteiger partial charge < -0.3 is 10.2 Å². The molecule has 0 aliphatic rings. The molecule has 80 valence electrons. The molecule has 0 radical (unpaired) electrons. The van der Waals surface area contributed by atoms with E-state index in [1.807, 2.05) is 0 Å². The number of hydrogen-bond donors (Lipinski definition) is 2. The zero-order valence-electron chi connectivity index (χ0n) is 8.08. The summed E-state index contributed by atoms with van der Waals surface area (Å²) in [5.41, 5.74) is 0. The minimum absolute atomic E-state index is 0.179. The lowest BCUT2D eigenvalue weighted by molar-refractivity contribution is 0.159. The zero-order valence-corrected chi connectivity index (χ0v) is 9.67. The first-order valence-electron chi connectivity index (χ1n) is 4.85. The second-order valence-electron chi connectivity index (χ2n) is 3.04. The third-order valence-electron chi connectivity index (χ3n) is 1.94. The van der Waals surface area contributed by atoms with Crippen molar-refractivity contribution in [3.05, 3.63) is 0 Å². The first-order chi connectivity index (χ1) is 6.35. The number of halogens is 1. The van der Waals surface area contributed by atoms with Crippen molar-refractivity contribution < 1.29 is 10.2 Å². The predicted octanol–water partition coefficient (Wildman–Crippen LogP) is 0.838. The van der Waals surface area contributed by atoms with Gasteiger partial charge in [-0.3, -0.25) is 4.90 Å². The van der Waals surface area contributed by atoms with Crippen molar-refractivity contribution in [3.63, 3.8) is 0 Å². The minimum Gasteiger partial charge on any atom is -0.395 e. The maximum absolute atomic E-state index is 8.74. The molecule has 0 amide bonds. The molecule has 13 heavy (non-hydrogen) atoms. The van der Waals surface area contributed by atoms with Crippen molar-refractivity contribution in [3.8, 4) is 0 Å². The summed E-state index contributed by atoms with van der Waals surface area (Å²) in [7, 11) is 0. The summed E-state index contributed by atoms with van der Waals surface area (Å²) in [5.74, 6) is 0. The Balaban J connectivity index is 3.33. The topological polar surface area (TPSA) is 43.7 Å². The van der Waals surface area contributed by atoms with Crippen LogP contribution in [0.5, 0.6) is 0 Å². The molecule has 0 bridgehead atoms. The van der Waals surface area contributed by atoms with Gasteiger partial charge in [-0.1, -0.05) is 22.4 Å². The molecule has 0 aliphatic carbocycles. The highest BCUT2D eigenvalue weighted by Crippen LogP contribution is 2.00. The van der Waals surface area contributed by atoms with Gasteiger partial charge in [0.15, 0.2) is 0 Å². The number of rotatable bonds is 9. The van der Waals surface area contributed by atoms with Gasteiger partial charge in [-0.2, -0.15) is 0 Å². The third kappa shape index (κ3) is 8.68. The molecule has 0 aromatic rings. The van der Waals surface area contributed by atoms with Crippen LogP contribution in [0.4, 0.5) is 0 Å². The molecule has 0 atom stereocenters. The van der Waals surface area contributed by atoms with E-state index in [0.717, 1.165) is 18.3 Å². The summed E-state index contributed by atoms with van der Waals surface area (Å²) in [6, 6.07) is 0. The van der Waals surface area contributed by atoms with Crippen LogP contribution in [0.1, 0.15) is 19.3 Å². The highest BCUT2D eigenvalue weighted by Gasteiger charge is 2.01. The largest absolute Gasteiger partial charge is 0.395 e. The first-order valence-corrected chi connectivity index (χ1v) is 5.97. The molecule has 2 N–H and O–H groups in total. The molecule has 0 unspecified atom stereocenters. The van der Waals surface area contributed by atoms with E-state index in [2.05, 4.69) is 20.8 Å². The molecule has 0 aromatic heterocycles. The fourth-order valence-electron chi connectivity index (χ4n) is 1.22. The average Bonchev–Trinajstić information content (AvgIpc) is 2.13. The van der Waals surface area contributed by atoms with Gasteiger partial charge in [-0.15, -0.1) is 0 Å². The molecule has 0 saturated heterocycles. The van der Waals surface area contributed by atoms with Crippen molar-refractivity contribution in [1.29, 1.82) is 0 Å². The van der Waals surface area contributed by atoms with Gasteiger partial charge in [0.05, 0.1) is 13.2 Å².